The Morgan fingerprint density at radius 1 is 0.718 bits per heavy atom. The van der Waals surface area contributed by atoms with E-state index in [1.54, 1.807) is 35.8 Å². The van der Waals surface area contributed by atoms with Crippen LogP contribution in [-0.4, -0.2) is 164 Å². The number of ether oxygens (including phenoxy) is 1. The molecule has 39 heavy (non-hydrogen) atoms. The quantitative estimate of drug-likeness (QED) is 0.258. The second-order valence-electron chi connectivity index (χ2n) is 9.49. The van der Waals surface area contributed by atoms with E-state index in [2.05, 4.69) is 10.1 Å². The van der Waals surface area contributed by atoms with Gasteiger partial charge in [-0.05, 0) is 33.0 Å². The van der Waals surface area contributed by atoms with Gasteiger partial charge in [0.2, 0.25) is 15.9 Å². The van der Waals surface area contributed by atoms with Gasteiger partial charge >= 0.3 is 64.3 Å². The van der Waals surface area contributed by atoms with Gasteiger partial charge in [-0.15, -0.1) is 0 Å². The van der Waals surface area contributed by atoms with Gasteiger partial charge in [-0.1, -0.05) is 7.05 Å². The largest absolute Gasteiger partial charge is 1.00 e. The standard InChI is InChI=1S/C5H11NO2S.C5H9NO.C4H8N2O.C4H9NO2S.C4H7NO2.Rb/c1-6-2-4-9(7,8)5-3-6;1-6-4-2-3-5(6)7;1-6-3-2-5-4(6)7;1-5-3-2-4-8(5,6)7;1-5-2-3-7-4(5)6;/h2-5H2,1H3;2-4H2,1H3;2-3H2,1H3,(H,5,7);2-4H2,1H3;2-3H2,1H3;/q;;;;;+1/p-1. The van der Waals surface area contributed by atoms with Crippen LogP contribution in [0.25, 0.3) is 5.32 Å². The van der Waals surface area contributed by atoms with Crippen molar-refractivity contribution >= 4 is 37.9 Å². The molecule has 4 amide bonds. The van der Waals surface area contributed by atoms with Gasteiger partial charge < -0.3 is 29.7 Å². The van der Waals surface area contributed by atoms with Crippen LogP contribution in [0.3, 0.4) is 0 Å². The van der Waals surface area contributed by atoms with E-state index >= 15 is 0 Å². The van der Waals surface area contributed by atoms with Crippen LogP contribution in [0.5, 0.6) is 0 Å². The number of carbonyl (C=O) groups excluding carboxylic acids is 3. The molecule has 0 bridgehead atoms. The minimum absolute atomic E-state index is 0. The fourth-order valence-electron chi connectivity index (χ4n) is 3.33. The van der Waals surface area contributed by atoms with Crippen molar-refractivity contribution in [2.45, 2.75) is 19.3 Å². The van der Waals surface area contributed by atoms with Gasteiger partial charge in [0.1, 0.15) is 6.61 Å². The Morgan fingerprint density at radius 2 is 1.33 bits per heavy atom. The molecule has 0 saturated carbocycles. The summed E-state index contributed by atoms with van der Waals surface area (Å²) < 4.78 is 48.9. The average molecular weight is 669 g/mol. The van der Waals surface area contributed by atoms with Crippen LogP contribution in [-0.2, 0) is 29.4 Å². The van der Waals surface area contributed by atoms with Gasteiger partial charge in [-0.25, -0.2) is 25.9 Å². The number of sulfone groups is 1. The van der Waals surface area contributed by atoms with Crippen LogP contribution in [0.2, 0.25) is 0 Å². The Kier molecular flexibility index (Phi) is 18.8. The second kappa shape index (κ2) is 18.9. The average Bonchev–Trinajstić information content (AvgIpc) is 3.60. The summed E-state index contributed by atoms with van der Waals surface area (Å²) in [6.07, 6.45) is 2.39. The normalized spacial score (nSPS) is 23.4. The van der Waals surface area contributed by atoms with Crippen molar-refractivity contribution in [1.29, 1.82) is 0 Å². The SMILES string of the molecule is CN1CCCC1=O.CN1CCCS1(=O)=O.CN1CCOC1=O.CN1CCS(=O)(=O)CC1.CN1CC[N-]C1=O.[Rb+]. The number of sulfonamides is 1. The molecule has 0 aromatic carbocycles. The van der Waals surface area contributed by atoms with Crippen molar-refractivity contribution in [3.05, 3.63) is 5.32 Å². The first kappa shape index (κ1) is 38.6. The van der Waals surface area contributed by atoms with Gasteiger partial charge in [0.25, 0.3) is 0 Å². The minimum atomic E-state index is -2.79. The van der Waals surface area contributed by atoms with Crippen LogP contribution in [0.1, 0.15) is 19.3 Å². The molecule has 14 nitrogen and oxygen atoms in total. The molecule has 5 fully saturated rings. The smallest absolute Gasteiger partial charge is 0.448 e. The Morgan fingerprint density at radius 3 is 1.51 bits per heavy atom. The monoisotopic (exact) mass is 668 g/mol. The zero-order valence-corrected chi connectivity index (χ0v) is 30.7. The first-order chi connectivity index (χ1) is 17.6. The maximum atomic E-state index is 10.8. The number of urea groups is 1. The zero-order chi connectivity index (χ0) is 28.9. The van der Waals surface area contributed by atoms with Gasteiger partial charge in [0.05, 0.1) is 23.8 Å². The third-order valence-electron chi connectivity index (χ3n) is 6.20. The van der Waals surface area contributed by atoms with Crippen LogP contribution in [0.4, 0.5) is 9.59 Å². The summed E-state index contributed by atoms with van der Waals surface area (Å²) in [5, 5.41) is 3.60. The summed E-state index contributed by atoms with van der Waals surface area (Å²) in [4.78, 5) is 38.0. The van der Waals surface area contributed by atoms with E-state index in [-0.39, 0.29) is 70.3 Å². The zero-order valence-electron chi connectivity index (χ0n) is 24.2. The Hall–Kier alpha value is -0.365. The molecule has 0 unspecified atom stereocenters. The van der Waals surface area contributed by atoms with Crippen LogP contribution < -0.4 is 58.2 Å². The third kappa shape index (κ3) is 16.0. The molecule has 0 aliphatic carbocycles. The predicted octanol–water partition coefficient (Wildman–Crippen LogP) is -3.27. The summed E-state index contributed by atoms with van der Waals surface area (Å²) in [6, 6.07) is -0.0833. The Labute approximate surface area is 282 Å². The number of rotatable bonds is 0. The van der Waals surface area contributed by atoms with Crippen LogP contribution >= 0.6 is 0 Å². The fourth-order valence-corrected chi connectivity index (χ4v) is 5.93. The molecule has 0 radical (unpaired) electrons. The Balaban J connectivity index is 0.000000461. The molecule has 17 heteroatoms. The van der Waals surface area contributed by atoms with E-state index < -0.39 is 19.9 Å². The van der Waals surface area contributed by atoms with Crippen molar-refractivity contribution in [3.63, 3.8) is 0 Å². The van der Waals surface area contributed by atoms with Crippen LogP contribution in [0, 0.1) is 0 Å². The molecule has 0 aromatic rings. The number of nitrogens with zero attached hydrogens (tertiary/aromatic N) is 6. The van der Waals surface area contributed by atoms with E-state index in [1.165, 1.54) is 4.31 Å². The number of hydrogen-bond acceptors (Lipinski definition) is 9. The van der Waals surface area contributed by atoms with Crippen molar-refractivity contribution in [2.75, 3.05) is 105 Å². The summed E-state index contributed by atoms with van der Waals surface area (Å²) in [5.41, 5.74) is 0. The summed E-state index contributed by atoms with van der Waals surface area (Å²) >= 11 is 0. The first-order valence-electron chi connectivity index (χ1n) is 12.5. The molecule has 5 heterocycles. The summed E-state index contributed by atoms with van der Waals surface area (Å²) in [5.74, 6) is 1.30. The molecule has 222 valence electrons. The number of hydrogen-bond donors (Lipinski definition) is 0. The number of likely N-dealkylation sites (tertiary alicyclic amines) is 1. The molecule has 5 aliphatic rings. The van der Waals surface area contributed by atoms with Gasteiger partial charge in [0.15, 0.2) is 15.9 Å². The molecular weight excluding hydrogens is 626 g/mol. The van der Waals surface area contributed by atoms with Gasteiger partial charge in [-0.3, -0.25) is 9.59 Å². The maximum absolute atomic E-state index is 10.8. The van der Waals surface area contributed by atoms with E-state index in [4.69, 9.17) is 0 Å². The van der Waals surface area contributed by atoms with Crippen LogP contribution in [0.15, 0.2) is 0 Å². The maximum Gasteiger partial charge on any atom is 1.00 e. The number of amides is 4. The molecule has 0 aromatic heterocycles. The molecule has 0 atom stereocenters. The molecule has 0 N–H and O–H groups in total. The van der Waals surface area contributed by atoms with Crippen molar-refractivity contribution in [1.82, 2.24) is 23.9 Å². The fraction of sp³-hybridized carbons (Fsp3) is 0.864. The summed E-state index contributed by atoms with van der Waals surface area (Å²) in [7, 11) is 3.41. The molecule has 5 aliphatic heterocycles. The molecule has 5 rings (SSSR count). The topological polar surface area (TPSA) is 159 Å². The van der Waals surface area contributed by atoms with E-state index in [9.17, 15) is 31.2 Å². The van der Waals surface area contributed by atoms with E-state index in [0.29, 0.717) is 56.0 Å². The summed E-state index contributed by atoms with van der Waals surface area (Å²) in [6.45, 7) is 5.80. The molecule has 5 saturated heterocycles. The second-order valence-corrected chi connectivity index (χ2v) is 14.0. The van der Waals surface area contributed by atoms with Crippen molar-refractivity contribution in [3.8, 4) is 0 Å². The number of cyclic esters (lactones) is 1. The van der Waals surface area contributed by atoms with Gasteiger partial charge in [0, 0.05) is 53.7 Å². The Bertz CT molecular complexity index is 927. The van der Waals surface area contributed by atoms with Crippen molar-refractivity contribution in [2.24, 2.45) is 0 Å². The first-order valence-corrected chi connectivity index (χ1v) is 15.9. The number of carbonyl (C=O) groups is 3. The van der Waals surface area contributed by atoms with Crippen molar-refractivity contribution < 1.29 is 94.1 Å². The van der Waals surface area contributed by atoms with Gasteiger partial charge in [-0.2, -0.15) is 0 Å². The minimum Gasteiger partial charge on any atom is -0.448 e. The molecular formula is C22H43N6O8RbS2. The van der Waals surface area contributed by atoms with E-state index in [0.717, 1.165) is 38.9 Å². The predicted molar refractivity (Wildman–Crippen MR) is 144 cm³/mol. The third-order valence-corrected chi connectivity index (χ3v) is 9.75. The molecule has 0 spiro atoms. The van der Waals surface area contributed by atoms with E-state index in [1.807, 2.05) is 19.0 Å². The number of likely N-dealkylation sites (N-methyl/N-ethyl adjacent to an activating group) is 2.